The van der Waals surface area contributed by atoms with E-state index in [2.05, 4.69) is 0 Å². The molecule has 22 heavy (non-hydrogen) atoms. The topological polar surface area (TPSA) is 83.8 Å². The fraction of sp³-hybridized carbons (Fsp3) is 0.562. The standard InChI is InChI=1S/C16H21O5P/c1-10-13-9-16(13,22(18,19)20)11(2)15(10,3)21-14(17)12-7-5-4-6-8-12/h4-8,10-11,13H,9H2,1-3H3,(H2,18,19,20). The molecular weight excluding hydrogens is 303 g/mol. The van der Waals surface area contributed by atoms with Crippen molar-refractivity contribution in [2.75, 3.05) is 0 Å². The predicted molar refractivity (Wildman–Crippen MR) is 81.5 cm³/mol. The van der Waals surface area contributed by atoms with E-state index in [1.807, 2.05) is 13.0 Å². The van der Waals surface area contributed by atoms with Crippen molar-refractivity contribution in [1.29, 1.82) is 0 Å². The van der Waals surface area contributed by atoms with Gasteiger partial charge in [0, 0.05) is 11.8 Å². The van der Waals surface area contributed by atoms with Gasteiger partial charge in [0.2, 0.25) is 0 Å². The van der Waals surface area contributed by atoms with Crippen LogP contribution in [0.5, 0.6) is 0 Å². The first-order chi connectivity index (χ1) is 10.1. The molecule has 0 spiro atoms. The van der Waals surface area contributed by atoms with Crippen molar-refractivity contribution in [3.8, 4) is 0 Å². The summed E-state index contributed by atoms with van der Waals surface area (Å²) in [7, 11) is -4.23. The van der Waals surface area contributed by atoms with Crippen molar-refractivity contribution in [2.24, 2.45) is 17.8 Å². The number of fused-ring (bicyclic) bond motifs is 1. The second kappa shape index (κ2) is 4.67. The summed E-state index contributed by atoms with van der Waals surface area (Å²) in [5.74, 6) is -0.989. The smallest absolute Gasteiger partial charge is 0.338 e. The Morgan fingerprint density at radius 2 is 1.86 bits per heavy atom. The third-order valence-corrected chi connectivity index (χ3v) is 8.00. The van der Waals surface area contributed by atoms with Gasteiger partial charge >= 0.3 is 13.6 Å². The summed E-state index contributed by atoms with van der Waals surface area (Å²) in [6, 6.07) is 8.69. The molecule has 3 rings (SSSR count). The van der Waals surface area contributed by atoms with Gasteiger partial charge in [0.05, 0.1) is 10.7 Å². The highest BCUT2D eigenvalue weighted by Gasteiger charge is 2.80. The molecule has 6 heteroatoms. The van der Waals surface area contributed by atoms with E-state index < -0.39 is 24.3 Å². The monoisotopic (exact) mass is 324 g/mol. The van der Waals surface area contributed by atoms with Crippen LogP contribution in [0.25, 0.3) is 0 Å². The van der Waals surface area contributed by atoms with Crippen LogP contribution in [0.1, 0.15) is 37.6 Å². The van der Waals surface area contributed by atoms with Crippen molar-refractivity contribution in [1.82, 2.24) is 0 Å². The number of hydrogen-bond acceptors (Lipinski definition) is 3. The third kappa shape index (κ3) is 1.92. The van der Waals surface area contributed by atoms with Gasteiger partial charge in [-0.2, -0.15) is 0 Å². The first-order valence-corrected chi connectivity index (χ1v) is 9.10. The summed E-state index contributed by atoms with van der Waals surface area (Å²) in [5, 5.41) is -1.02. The maximum atomic E-state index is 12.4. The molecule has 5 unspecified atom stereocenters. The molecule has 5 atom stereocenters. The molecule has 2 saturated carbocycles. The predicted octanol–water partition coefficient (Wildman–Crippen LogP) is 2.82. The lowest BCUT2D eigenvalue weighted by Crippen LogP contribution is -2.44. The Hall–Kier alpha value is -1.16. The van der Waals surface area contributed by atoms with Crippen LogP contribution in [0.3, 0.4) is 0 Å². The molecule has 2 aliphatic rings. The Balaban J connectivity index is 1.88. The van der Waals surface area contributed by atoms with E-state index in [9.17, 15) is 19.1 Å². The highest BCUT2D eigenvalue weighted by Crippen LogP contribution is 2.80. The van der Waals surface area contributed by atoms with Crippen LogP contribution in [0.2, 0.25) is 0 Å². The zero-order chi connectivity index (χ0) is 16.3. The summed E-state index contributed by atoms with van der Waals surface area (Å²) in [6.07, 6.45) is 0.512. The van der Waals surface area contributed by atoms with E-state index >= 15 is 0 Å². The minimum absolute atomic E-state index is 0.0808. The third-order valence-electron chi connectivity index (χ3n) is 6.01. The molecule has 120 valence electrons. The first-order valence-electron chi connectivity index (χ1n) is 7.48. The second-order valence-corrected chi connectivity index (χ2v) is 8.72. The van der Waals surface area contributed by atoms with E-state index in [0.717, 1.165) is 0 Å². The highest BCUT2D eigenvalue weighted by atomic mass is 31.2. The molecule has 0 aliphatic heterocycles. The fourth-order valence-corrected chi connectivity index (χ4v) is 6.14. The SMILES string of the molecule is CC1C2CC2(P(=O)(O)O)C(C)C1(C)OC(=O)c1ccccc1. The van der Waals surface area contributed by atoms with Crippen molar-refractivity contribution >= 4 is 13.6 Å². The van der Waals surface area contributed by atoms with Crippen LogP contribution < -0.4 is 0 Å². The van der Waals surface area contributed by atoms with Crippen LogP contribution >= 0.6 is 7.60 Å². The summed E-state index contributed by atoms with van der Waals surface area (Å²) in [4.78, 5) is 31.9. The van der Waals surface area contributed by atoms with E-state index in [1.165, 1.54) is 0 Å². The van der Waals surface area contributed by atoms with Gasteiger partial charge in [0.15, 0.2) is 0 Å². The number of rotatable bonds is 3. The van der Waals surface area contributed by atoms with Gasteiger partial charge in [-0.25, -0.2) is 4.79 Å². The molecule has 2 aliphatic carbocycles. The zero-order valence-corrected chi connectivity index (χ0v) is 13.8. The van der Waals surface area contributed by atoms with Crippen LogP contribution in [0, 0.1) is 17.8 Å². The number of hydrogen-bond donors (Lipinski definition) is 2. The van der Waals surface area contributed by atoms with Gasteiger partial charge < -0.3 is 14.5 Å². The Morgan fingerprint density at radius 3 is 2.36 bits per heavy atom. The quantitative estimate of drug-likeness (QED) is 0.660. The van der Waals surface area contributed by atoms with E-state index in [-0.39, 0.29) is 17.8 Å². The number of esters is 1. The minimum atomic E-state index is -4.23. The van der Waals surface area contributed by atoms with Gasteiger partial charge in [0.1, 0.15) is 5.60 Å². The number of carbonyl (C=O) groups is 1. The van der Waals surface area contributed by atoms with Gasteiger partial charge in [-0.3, -0.25) is 4.57 Å². The maximum absolute atomic E-state index is 12.4. The maximum Gasteiger partial charge on any atom is 0.338 e. The zero-order valence-electron chi connectivity index (χ0n) is 12.9. The van der Waals surface area contributed by atoms with E-state index in [4.69, 9.17) is 4.74 Å². The number of benzene rings is 1. The van der Waals surface area contributed by atoms with Crippen LogP contribution in [-0.2, 0) is 9.30 Å². The van der Waals surface area contributed by atoms with Crippen LogP contribution in [-0.4, -0.2) is 26.5 Å². The molecule has 1 aromatic rings. The average molecular weight is 324 g/mol. The number of ether oxygens (including phenoxy) is 1. The van der Waals surface area contributed by atoms with Crippen LogP contribution in [0.4, 0.5) is 0 Å². The normalized spacial score (nSPS) is 40.1. The highest BCUT2D eigenvalue weighted by molar-refractivity contribution is 7.54. The molecule has 0 radical (unpaired) electrons. The van der Waals surface area contributed by atoms with Gasteiger partial charge in [-0.1, -0.05) is 32.0 Å². The van der Waals surface area contributed by atoms with Gasteiger partial charge in [-0.15, -0.1) is 0 Å². The fourth-order valence-electron chi connectivity index (χ4n) is 4.29. The average Bonchev–Trinajstić information content (AvgIpc) is 3.19. The Bertz CT molecular complexity index is 654. The van der Waals surface area contributed by atoms with Crippen molar-refractivity contribution in [2.45, 2.75) is 37.9 Å². The summed E-state index contributed by atoms with van der Waals surface area (Å²) in [6.45, 7) is 5.51. The molecule has 0 bridgehead atoms. The Morgan fingerprint density at radius 1 is 1.27 bits per heavy atom. The lowest BCUT2D eigenvalue weighted by atomic mass is 9.82. The summed E-state index contributed by atoms with van der Waals surface area (Å²) >= 11 is 0. The van der Waals surface area contributed by atoms with E-state index in [1.54, 1.807) is 38.1 Å². The minimum Gasteiger partial charge on any atom is -0.455 e. The second-order valence-electron chi connectivity index (χ2n) is 6.80. The van der Waals surface area contributed by atoms with Gasteiger partial charge in [-0.05, 0) is 31.4 Å². The number of carbonyl (C=O) groups excluding carboxylic acids is 1. The molecule has 2 N–H and O–H groups in total. The molecule has 5 nitrogen and oxygen atoms in total. The molecule has 0 aromatic heterocycles. The Kier molecular flexibility index (Phi) is 3.34. The molecule has 2 fully saturated rings. The first kappa shape index (κ1) is 15.7. The molecule has 0 heterocycles. The van der Waals surface area contributed by atoms with Crippen molar-refractivity contribution < 1.29 is 23.9 Å². The summed E-state index contributed by atoms with van der Waals surface area (Å²) in [5.41, 5.74) is -0.411. The molecule has 0 saturated heterocycles. The largest absolute Gasteiger partial charge is 0.455 e. The lowest BCUT2D eigenvalue weighted by molar-refractivity contribution is -0.0560. The Labute approximate surface area is 129 Å². The molecular formula is C16H21O5P. The van der Waals surface area contributed by atoms with E-state index in [0.29, 0.717) is 12.0 Å². The lowest BCUT2D eigenvalue weighted by Gasteiger charge is -2.38. The van der Waals surface area contributed by atoms with Gasteiger partial charge in [0.25, 0.3) is 0 Å². The summed E-state index contributed by atoms with van der Waals surface area (Å²) < 4.78 is 17.7. The van der Waals surface area contributed by atoms with Crippen molar-refractivity contribution in [3.63, 3.8) is 0 Å². The van der Waals surface area contributed by atoms with Crippen LogP contribution in [0.15, 0.2) is 30.3 Å². The molecule has 0 amide bonds. The van der Waals surface area contributed by atoms with Crippen molar-refractivity contribution in [3.05, 3.63) is 35.9 Å². The molecule has 1 aromatic carbocycles.